The van der Waals surface area contributed by atoms with Gasteiger partial charge in [0.1, 0.15) is 0 Å². The van der Waals surface area contributed by atoms with E-state index in [1.165, 1.54) is 11.1 Å². The monoisotopic (exact) mass is 254 g/mol. The summed E-state index contributed by atoms with van der Waals surface area (Å²) in [6, 6.07) is 8.47. The van der Waals surface area contributed by atoms with Crippen LogP contribution in [-0.4, -0.2) is 33.4 Å². The smallest absolute Gasteiger partial charge is 0.0842 e. The van der Waals surface area contributed by atoms with Crippen LogP contribution >= 0.6 is 0 Å². The zero-order valence-corrected chi connectivity index (χ0v) is 10.4. The van der Waals surface area contributed by atoms with Crippen molar-refractivity contribution >= 4 is 11.4 Å². The molecule has 0 bridgehead atoms. The fourth-order valence-corrected chi connectivity index (χ4v) is 2.41. The molecule has 1 aromatic carbocycles. The number of hydrogen-bond acceptors (Lipinski definition) is 4. The van der Waals surface area contributed by atoms with Crippen LogP contribution in [-0.2, 0) is 28.5 Å². The Morgan fingerprint density at radius 3 is 2.88 bits per heavy atom. The van der Waals surface area contributed by atoms with Gasteiger partial charge in [0.05, 0.1) is 18.0 Å². The SMILES string of the molecule is O=S([O-])OCCCN1CCc2ccccc2C1. The molecule has 1 aliphatic heterocycles. The lowest BCUT2D eigenvalue weighted by Crippen LogP contribution is -2.31. The van der Waals surface area contributed by atoms with E-state index in [9.17, 15) is 8.76 Å². The van der Waals surface area contributed by atoms with E-state index < -0.39 is 11.4 Å². The minimum atomic E-state index is -2.38. The van der Waals surface area contributed by atoms with Crippen LogP contribution in [0.5, 0.6) is 0 Å². The third-order valence-electron chi connectivity index (χ3n) is 3.01. The third kappa shape index (κ3) is 3.89. The summed E-state index contributed by atoms with van der Waals surface area (Å²) in [5.41, 5.74) is 2.81. The number of rotatable bonds is 5. The van der Waals surface area contributed by atoms with Gasteiger partial charge in [-0.1, -0.05) is 24.3 Å². The summed E-state index contributed by atoms with van der Waals surface area (Å²) in [6.07, 6.45) is 1.82. The lowest BCUT2D eigenvalue weighted by atomic mass is 10.00. The summed E-state index contributed by atoms with van der Waals surface area (Å²) in [7, 11) is 0. The summed E-state index contributed by atoms with van der Waals surface area (Å²) in [5, 5.41) is 0. The summed E-state index contributed by atoms with van der Waals surface area (Å²) in [6.45, 7) is 3.15. The fourth-order valence-electron chi connectivity index (χ4n) is 2.16. The van der Waals surface area contributed by atoms with Crippen LogP contribution in [0.3, 0.4) is 0 Å². The minimum absolute atomic E-state index is 0.272. The van der Waals surface area contributed by atoms with Gasteiger partial charge in [0.15, 0.2) is 0 Å². The molecule has 1 aromatic rings. The van der Waals surface area contributed by atoms with Crippen molar-refractivity contribution in [2.24, 2.45) is 0 Å². The van der Waals surface area contributed by atoms with Crippen LogP contribution in [0.2, 0.25) is 0 Å². The summed E-state index contributed by atoms with van der Waals surface area (Å²) in [4.78, 5) is 2.33. The lowest BCUT2D eigenvalue weighted by Gasteiger charge is -2.28. The molecule has 0 N–H and O–H groups in total. The zero-order chi connectivity index (χ0) is 12.1. The average molecular weight is 254 g/mol. The van der Waals surface area contributed by atoms with E-state index in [0.29, 0.717) is 0 Å². The van der Waals surface area contributed by atoms with E-state index in [1.807, 2.05) is 0 Å². The molecule has 94 valence electrons. The van der Waals surface area contributed by atoms with E-state index in [0.717, 1.165) is 32.5 Å². The molecule has 0 amide bonds. The summed E-state index contributed by atoms with van der Waals surface area (Å²) >= 11 is -2.38. The van der Waals surface area contributed by atoms with Gasteiger partial charge < -0.3 is 8.74 Å². The Bertz CT molecular complexity index is 397. The quantitative estimate of drug-likeness (QED) is 0.586. The maximum absolute atomic E-state index is 10.2. The van der Waals surface area contributed by atoms with Gasteiger partial charge in [0.2, 0.25) is 0 Å². The molecule has 4 nitrogen and oxygen atoms in total. The van der Waals surface area contributed by atoms with Crippen molar-refractivity contribution < 1.29 is 12.9 Å². The van der Waals surface area contributed by atoms with Crippen molar-refractivity contribution in [2.45, 2.75) is 19.4 Å². The highest BCUT2D eigenvalue weighted by molar-refractivity contribution is 7.74. The maximum Gasteiger partial charge on any atom is 0.0842 e. The molecule has 0 aliphatic carbocycles. The highest BCUT2D eigenvalue weighted by Crippen LogP contribution is 2.18. The number of benzene rings is 1. The van der Waals surface area contributed by atoms with Crippen LogP contribution < -0.4 is 0 Å². The normalized spacial score (nSPS) is 17.7. The molecule has 5 heteroatoms. The largest absolute Gasteiger partial charge is 0.750 e. The molecule has 2 rings (SSSR count). The van der Waals surface area contributed by atoms with E-state index >= 15 is 0 Å². The van der Waals surface area contributed by atoms with Crippen LogP contribution in [0.4, 0.5) is 0 Å². The Hall–Kier alpha value is -0.750. The zero-order valence-electron chi connectivity index (χ0n) is 9.63. The van der Waals surface area contributed by atoms with Gasteiger partial charge >= 0.3 is 0 Å². The number of hydrogen-bond donors (Lipinski definition) is 0. The van der Waals surface area contributed by atoms with Gasteiger partial charge in [-0.05, 0) is 24.0 Å². The second-order valence-electron chi connectivity index (χ2n) is 4.17. The highest BCUT2D eigenvalue weighted by atomic mass is 32.2. The molecular formula is C12H16NO3S-. The summed E-state index contributed by atoms with van der Waals surface area (Å²) < 4.78 is 24.8. The first-order valence-electron chi connectivity index (χ1n) is 5.77. The highest BCUT2D eigenvalue weighted by Gasteiger charge is 2.14. The van der Waals surface area contributed by atoms with Crippen LogP contribution in [0.1, 0.15) is 17.5 Å². The molecule has 1 heterocycles. The van der Waals surface area contributed by atoms with Crippen molar-refractivity contribution in [3.8, 4) is 0 Å². The summed E-state index contributed by atoms with van der Waals surface area (Å²) in [5.74, 6) is 0. The second-order valence-corrected chi connectivity index (χ2v) is 4.82. The Balaban J connectivity index is 1.76. The molecule has 1 aliphatic rings. The van der Waals surface area contributed by atoms with Crippen molar-refractivity contribution in [1.29, 1.82) is 0 Å². The first-order chi connectivity index (χ1) is 8.25. The predicted molar refractivity (Wildman–Crippen MR) is 64.9 cm³/mol. The van der Waals surface area contributed by atoms with Crippen molar-refractivity contribution in [3.05, 3.63) is 35.4 Å². The Morgan fingerprint density at radius 1 is 1.35 bits per heavy atom. The van der Waals surface area contributed by atoms with Gasteiger partial charge in [-0.25, -0.2) is 4.21 Å². The van der Waals surface area contributed by atoms with E-state index in [4.69, 9.17) is 0 Å². The van der Waals surface area contributed by atoms with Crippen LogP contribution in [0.25, 0.3) is 0 Å². The standard InChI is InChI=1S/C12H17NO3S/c14-17(15)16-9-3-7-13-8-6-11-4-1-2-5-12(11)10-13/h1-2,4-5H,3,6-10H2,(H,14,15)/p-1. The average Bonchev–Trinajstić information content (AvgIpc) is 2.34. The molecule has 0 fully saturated rings. The van der Waals surface area contributed by atoms with E-state index in [-0.39, 0.29) is 6.61 Å². The minimum Gasteiger partial charge on any atom is -0.750 e. The van der Waals surface area contributed by atoms with Gasteiger partial charge in [-0.2, -0.15) is 0 Å². The van der Waals surface area contributed by atoms with Gasteiger partial charge in [0.25, 0.3) is 0 Å². The lowest BCUT2D eigenvalue weighted by molar-refractivity contribution is 0.220. The first-order valence-corrected chi connectivity index (χ1v) is 6.77. The number of fused-ring (bicyclic) bond motifs is 1. The molecule has 0 radical (unpaired) electrons. The Labute approximate surface area is 104 Å². The molecule has 0 spiro atoms. The molecule has 0 saturated heterocycles. The molecule has 0 saturated carbocycles. The van der Waals surface area contributed by atoms with E-state index in [2.05, 4.69) is 33.3 Å². The van der Waals surface area contributed by atoms with Crippen molar-refractivity contribution in [1.82, 2.24) is 4.90 Å². The molecule has 17 heavy (non-hydrogen) atoms. The van der Waals surface area contributed by atoms with Crippen LogP contribution in [0, 0.1) is 0 Å². The van der Waals surface area contributed by atoms with Crippen molar-refractivity contribution in [2.75, 3.05) is 19.7 Å². The van der Waals surface area contributed by atoms with Gasteiger partial charge in [-0.3, -0.25) is 4.90 Å². The Kier molecular flexibility index (Phi) is 4.67. The number of nitrogens with zero attached hydrogens (tertiary/aromatic N) is 1. The molecule has 1 unspecified atom stereocenters. The first kappa shape index (κ1) is 12.7. The second kappa shape index (κ2) is 6.26. The van der Waals surface area contributed by atoms with Crippen molar-refractivity contribution in [3.63, 3.8) is 0 Å². The molecule has 0 aromatic heterocycles. The fraction of sp³-hybridized carbons (Fsp3) is 0.500. The molecular weight excluding hydrogens is 238 g/mol. The maximum atomic E-state index is 10.2. The predicted octanol–water partition coefficient (Wildman–Crippen LogP) is 1.25. The van der Waals surface area contributed by atoms with Crippen LogP contribution in [0.15, 0.2) is 24.3 Å². The van der Waals surface area contributed by atoms with Gasteiger partial charge in [0, 0.05) is 19.6 Å². The Morgan fingerprint density at radius 2 is 2.12 bits per heavy atom. The van der Waals surface area contributed by atoms with Gasteiger partial charge in [-0.15, -0.1) is 0 Å². The molecule has 1 atom stereocenters. The van der Waals surface area contributed by atoms with E-state index in [1.54, 1.807) is 0 Å². The third-order valence-corrected chi connectivity index (χ3v) is 3.37. The topological polar surface area (TPSA) is 52.6 Å².